The average Bonchev–Trinajstić information content (AvgIpc) is 2.22. The fraction of sp³-hybridized carbons (Fsp3) is 0.500. The molecule has 16 heavy (non-hydrogen) atoms. The lowest BCUT2D eigenvalue weighted by Crippen LogP contribution is -2.20. The summed E-state index contributed by atoms with van der Waals surface area (Å²) in [6.45, 7) is 6.47. The highest BCUT2D eigenvalue weighted by Gasteiger charge is 2.32. The van der Waals surface area contributed by atoms with Gasteiger partial charge in [-0.2, -0.15) is 0 Å². The Morgan fingerprint density at radius 3 is 2.75 bits per heavy atom. The largest absolute Gasteiger partial charge is 0.300 e. The summed E-state index contributed by atoms with van der Waals surface area (Å²) >= 11 is 3.52. The summed E-state index contributed by atoms with van der Waals surface area (Å²) < 4.78 is 1.10. The second-order valence-electron chi connectivity index (χ2n) is 5.44. The second kappa shape index (κ2) is 3.99. The van der Waals surface area contributed by atoms with Gasteiger partial charge in [0.2, 0.25) is 0 Å². The lowest BCUT2D eigenvalue weighted by Gasteiger charge is -2.25. The Morgan fingerprint density at radius 1 is 1.38 bits per heavy atom. The van der Waals surface area contributed by atoms with E-state index in [4.69, 9.17) is 0 Å². The van der Waals surface area contributed by atoms with Crippen molar-refractivity contribution in [2.75, 3.05) is 0 Å². The Morgan fingerprint density at radius 2 is 2.06 bits per heavy atom. The van der Waals surface area contributed by atoms with Crippen LogP contribution < -0.4 is 0 Å². The van der Waals surface area contributed by atoms with Crippen LogP contribution in [0, 0.1) is 0 Å². The van der Waals surface area contributed by atoms with Crippen molar-refractivity contribution >= 4 is 21.7 Å². The second-order valence-corrected chi connectivity index (χ2v) is 6.35. The molecule has 0 aromatic heterocycles. The zero-order valence-corrected chi connectivity index (χ0v) is 11.6. The zero-order valence-electron chi connectivity index (χ0n) is 10.0. The molecule has 0 saturated carbocycles. The highest BCUT2D eigenvalue weighted by Crippen LogP contribution is 2.40. The van der Waals surface area contributed by atoms with Crippen molar-refractivity contribution in [1.29, 1.82) is 0 Å². The van der Waals surface area contributed by atoms with Gasteiger partial charge in [0.15, 0.2) is 0 Å². The fourth-order valence-corrected chi connectivity index (χ4v) is 3.02. The van der Waals surface area contributed by atoms with Crippen LogP contribution >= 0.6 is 15.9 Å². The van der Waals surface area contributed by atoms with Crippen molar-refractivity contribution in [2.45, 2.75) is 44.9 Å². The first-order chi connectivity index (χ1) is 7.40. The molecule has 1 aromatic rings. The number of ketones is 1. The predicted molar refractivity (Wildman–Crippen MR) is 69.8 cm³/mol. The number of fused-ring (bicyclic) bond motifs is 1. The molecule has 0 aliphatic heterocycles. The summed E-state index contributed by atoms with van der Waals surface area (Å²) in [5.74, 6) is 0.724. The molecule has 1 atom stereocenters. The van der Waals surface area contributed by atoms with Gasteiger partial charge in [-0.05, 0) is 34.6 Å². The van der Waals surface area contributed by atoms with E-state index in [1.165, 1.54) is 11.1 Å². The Labute approximate surface area is 105 Å². The van der Waals surface area contributed by atoms with E-state index in [0.29, 0.717) is 24.5 Å². The molecule has 0 saturated heterocycles. The van der Waals surface area contributed by atoms with Gasteiger partial charge in [-0.1, -0.05) is 42.8 Å². The number of rotatable bonds is 0. The van der Waals surface area contributed by atoms with Gasteiger partial charge in [-0.15, -0.1) is 0 Å². The smallest absolute Gasteiger partial charge is 0.134 e. The molecule has 1 aromatic carbocycles. The molecule has 0 fully saturated rings. The van der Waals surface area contributed by atoms with Crippen LogP contribution in [0.5, 0.6) is 0 Å². The van der Waals surface area contributed by atoms with Gasteiger partial charge in [0.1, 0.15) is 5.78 Å². The zero-order chi connectivity index (χ0) is 11.9. The van der Waals surface area contributed by atoms with Crippen molar-refractivity contribution in [3.63, 3.8) is 0 Å². The van der Waals surface area contributed by atoms with Crippen molar-refractivity contribution in [2.24, 2.45) is 0 Å². The molecule has 1 aliphatic rings. The normalized spacial score (nSPS) is 23.8. The number of hydrogen-bond donors (Lipinski definition) is 0. The third-order valence-corrected chi connectivity index (χ3v) is 3.94. The van der Waals surface area contributed by atoms with Gasteiger partial charge in [0, 0.05) is 17.3 Å². The van der Waals surface area contributed by atoms with Gasteiger partial charge >= 0.3 is 0 Å². The van der Waals surface area contributed by atoms with E-state index >= 15 is 0 Å². The maximum atomic E-state index is 11.9. The topological polar surface area (TPSA) is 17.1 Å². The van der Waals surface area contributed by atoms with E-state index in [1.54, 1.807) is 0 Å². The SMILES string of the molecule is CC1CC(=O)CC(C)(C)c2cc(Br)ccc21. The summed E-state index contributed by atoms with van der Waals surface area (Å²) in [7, 11) is 0. The van der Waals surface area contributed by atoms with Crippen LogP contribution in [0.25, 0.3) is 0 Å². The summed E-state index contributed by atoms with van der Waals surface area (Å²) in [6, 6.07) is 6.40. The molecule has 1 aliphatic carbocycles. The minimum atomic E-state index is -0.0407. The summed E-state index contributed by atoms with van der Waals surface area (Å²) in [4.78, 5) is 11.9. The molecule has 0 spiro atoms. The average molecular weight is 281 g/mol. The molecule has 0 radical (unpaired) electrons. The molecule has 2 heteroatoms. The fourth-order valence-electron chi connectivity index (χ4n) is 2.66. The minimum Gasteiger partial charge on any atom is -0.300 e. The van der Waals surface area contributed by atoms with Crippen LogP contribution in [0.1, 0.15) is 50.7 Å². The van der Waals surface area contributed by atoms with Gasteiger partial charge in [0.05, 0.1) is 0 Å². The van der Waals surface area contributed by atoms with E-state index in [0.717, 1.165) is 4.47 Å². The molecule has 0 N–H and O–H groups in total. The molecule has 0 amide bonds. The molecule has 2 rings (SSSR count). The third kappa shape index (κ3) is 2.08. The molecule has 0 bridgehead atoms. The highest BCUT2D eigenvalue weighted by molar-refractivity contribution is 9.10. The third-order valence-electron chi connectivity index (χ3n) is 3.45. The van der Waals surface area contributed by atoms with Gasteiger partial charge < -0.3 is 0 Å². The maximum Gasteiger partial charge on any atom is 0.134 e. The number of benzene rings is 1. The summed E-state index contributed by atoms with van der Waals surface area (Å²) in [6.07, 6.45) is 1.33. The first kappa shape index (κ1) is 11.8. The lowest BCUT2D eigenvalue weighted by atomic mass is 9.79. The molecule has 1 nitrogen and oxygen atoms in total. The molecular weight excluding hydrogens is 264 g/mol. The van der Waals surface area contributed by atoms with E-state index in [-0.39, 0.29) is 5.41 Å². The maximum absolute atomic E-state index is 11.9. The van der Waals surface area contributed by atoms with Crippen molar-refractivity contribution in [1.82, 2.24) is 0 Å². The lowest BCUT2D eigenvalue weighted by molar-refractivity contribution is -0.120. The Balaban J connectivity index is 2.61. The number of carbonyl (C=O) groups is 1. The Kier molecular flexibility index (Phi) is 2.95. The number of hydrogen-bond acceptors (Lipinski definition) is 1. The van der Waals surface area contributed by atoms with Crippen LogP contribution in [0.2, 0.25) is 0 Å². The summed E-state index contributed by atoms with van der Waals surface area (Å²) in [5, 5.41) is 0. The first-order valence-electron chi connectivity index (χ1n) is 5.72. The predicted octanol–water partition coefficient (Wildman–Crippen LogP) is 4.19. The van der Waals surface area contributed by atoms with E-state index in [1.807, 2.05) is 0 Å². The number of halogens is 1. The van der Waals surface area contributed by atoms with Crippen LogP contribution in [0.4, 0.5) is 0 Å². The molecular formula is C14H17BrO. The van der Waals surface area contributed by atoms with Crippen LogP contribution in [0.15, 0.2) is 22.7 Å². The molecule has 86 valence electrons. The van der Waals surface area contributed by atoms with Gasteiger partial charge in [0.25, 0.3) is 0 Å². The minimum absolute atomic E-state index is 0.0407. The van der Waals surface area contributed by atoms with Gasteiger partial charge in [-0.25, -0.2) is 0 Å². The van der Waals surface area contributed by atoms with Crippen LogP contribution in [-0.4, -0.2) is 5.78 Å². The van der Waals surface area contributed by atoms with Gasteiger partial charge in [-0.3, -0.25) is 4.79 Å². The first-order valence-corrected chi connectivity index (χ1v) is 6.51. The quantitative estimate of drug-likeness (QED) is 0.651. The van der Waals surface area contributed by atoms with E-state index in [2.05, 4.69) is 54.9 Å². The number of Topliss-reactive ketones (excluding diaryl/α,β-unsaturated/α-hetero) is 1. The van der Waals surface area contributed by atoms with Crippen LogP contribution in [0.3, 0.4) is 0 Å². The van der Waals surface area contributed by atoms with E-state index in [9.17, 15) is 4.79 Å². The van der Waals surface area contributed by atoms with Crippen molar-refractivity contribution in [3.05, 3.63) is 33.8 Å². The van der Waals surface area contributed by atoms with E-state index < -0.39 is 0 Å². The molecule has 1 unspecified atom stereocenters. The number of carbonyl (C=O) groups excluding carboxylic acids is 1. The summed E-state index contributed by atoms with van der Waals surface area (Å²) in [5.41, 5.74) is 2.61. The Hall–Kier alpha value is -0.630. The van der Waals surface area contributed by atoms with Crippen molar-refractivity contribution < 1.29 is 4.79 Å². The molecule has 0 heterocycles. The monoisotopic (exact) mass is 280 g/mol. The van der Waals surface area contributed by atoms with Crippen LogP contribution in [-0.2, 0) is 10.2 Å². The standard InChI is InChI=1S/C14H17BrO/c1-9-6-11(16)8-14(2,3)13-7-10(15)4-5-12(9)13/h4-5,7,9H,6,8H2,1-3H3. The van der Waals surface area contributed by atoms with Crippen molar-refractivity contribution in [3.8, 4) is 0 Å². The Bertz CT molecular complexity index is 434. The highest BCUT2D eigenvalue weighted by atomic mass is 79.9.